The molecule has 3 nitrogen and oxygen atoms in total. The summed E-state index contributed by atoms with van der Waals surface area (Å²) in [7, 11) is 0. The fourth-order valence-electron chi connectivity index (χ4n) is 2.05. The van der Waals surface area contributed by atoms with Gasteiger partial charge in [-0.3, -0.25) is 0 Å². The maximum atomic E-state index is 14.2. The minimum Gasteiger partial charge on any atom is -0.479 e. The molecule has 2 rings (SSSR count). The van der Waals surface area contributed by atoms with Crippen LogP contribution in [-0.2, 0) is 10.4 Å². The first kappa shape index (κ1) is 15.1. The van der Waals surface area contributed by atoms with E-state index in [1.165, 1.54) is 0 Å². The molecule has 1 atom stereocenters. The standard InChI is InChI=1S/C16H14F2O3/c1-9-4-3-5-10(6-9)14-12(17)7-11(8-13(14)18)16(2,21)15(19)20/h3-8,21H,1-2H3,(H,19,20). The molecule has 0 spiro atoms. The highest BCUT2D eigenvalue weighted by Gasteiger charge is 2.34. The molecule has 2 N–H and O–H groups in total. The molecular formula is C16H14F2O3. The van der Waals surface area contributed by atoms with Gasteiger partial charge in [0.2, 0.25) is 0 Å². The minimum atomic E-state index is -2.35. The van der Waals surface area contributed by atoms with Crippen molar-refractivity contribution in [3.63, 3.8) is 0 Å². The summed E-state index contributed by atoms with van der Waals surface area (Å²) in [6, 6.07) is 8.33. The minimum absolute atomic E-state index is 0.247. The molecule has 1 unspecified atom stereocenters. The predicted molar refractivity (Wildman–Crippen MR) is 73.7 cm³/mol. The lowest BCUT2D eigenvalue weighted by atomic mass is 9.92. The largest absolute Gasteiger partial charge is 0.479 e. The van der Waals surface area contributed by atoms with Crippen molar-refractivity contribution in [2.24, 2.45) is 0 Å². The number of carboxylic acid groups (broad SMARTS) is 1. The van der Waals surface area contributed by atoms with E-state index in [2.05, 4.69) is 0 Å². The van der Waals surface area contributed by atoms with Crippen LogP contribution in [0.25, 0.3) is 11.1 Å². The van der Waals surface area contributed by atoms with Crippen LogP contribution in [-0.4, -0.2) is 16.2 Å². The molecule has 2 aromatic rings. The lowest BCUT2D eigenvalue weighted by molar-refractivity contribution is -0.157. The normalized spacial score (nSPS) is 13.8. The molecule has 0 aromatic heterocycles. The molecule has 0 fully saturated rings. The fourth-order valence-corrected chi connectivity index (χ4v) is 2.05. The summed E-state index contributed by atoms with van der Waals surface area (Å²) in [4.78, 5) is 10.9. The Kier molecular flexibility index (Phi) is 3.78. The van der Waals surface area contributed by atoms with Crippen LogP contribution in [0.4, 0.5) is 8.78 Å². The zero-order valence-electron chi connectivity index (χ0n) is 11.5. The Morgan fingerprint density at radius 3 is 2.19 bits per heavy atom. The summed E-state index contributed by atoms with van der Waals surface area (Å²) in [6.45, 7) is 2.76. The summed E-state index contributed by atoms with van der Waals surface area (Å²) in [5, 5.41) is 18.7. The van der Waals surface area contributed by atoms with Gasteiger partial charge in [-0.1, -0.05) is 29.8 Å². The molecule has 110 valence electrons. The molecular weight excluding hydrogens is 278 g/mol. The first-order valence-corrected chi connectivity index (χ1v) is 6.26. The van der Waals surface area contributed by atoms with Crippen molar-refractivity contribution in [2.45, 2.75) is 19.4 Å². The molecule has 0 aliphatic carbocycles. The van der Waals surface area contributed by atoms with Crippen molar-refractivity contribution < 1.29 is 23.8 Å². The van der Waals surface area contributed by atoms with Crippen LogP contribution < -0.4 is 0 Å². The first-order valence-electron chi connectivity index (χ1n) is 6.26. The second kappa shape index (κ2) is 5.26. The number of aliphatic carboxylic acids is 1. The van der Waals surface area contributed by atoms with Crippen molar-refractivity contribution >= 4 is 5.97 Å². The van der Waals surface area contributed by atoms with E-state index >= 15 is 0 Å². The van der Waals surface area contributed by atoms with E-state index in [0.717, 1.165) is 24.6 Å². The lowest BCUT2D eigenvalue weighted by Gasteiger charge is -2.19. The van der Waals surface area contributed by atoms with Gasteiger partial charge in [0.05, 0.1) is 5.56 Å². The van der Waals surface area contributed by atoms with Gasteiger partial charge in [0.15, 0.2) is 5.60 Å². The number of carbonyl (C=O) groups is 1. The second-order valence-corrected chi connectivity index (χ2v) is 5.06. The van der Waals surface area contributed by atoms with Crippen molar-refractivity contribution in [2.75, 3.05) is 0 Å². The van der Waals surface area contributed by atoms with E-state index < -0.39 is 23.2 Å². The summed E-state index contributed by atoms with van der Waals surface area (Å²) < 4.78 is 28.4. The van der Waals surface area contributed by atoms with Gasteiger partial charge >= 0.3 is 5.97 Å². The van der Waals surface area contributed by atoms with E-state index in [9.17, 15) is 18.7 Å². The number of aryl methyl sites for hydroxylation is 1. The van der Waals surface area contributed by atoms with E-state index in [0.29, 0.717) is 5.56 Å². The third-order valence-corrected chi connectivity index (χ3v) is 3.33. The molecule has 0 aliphatic rings. The van der Waals surface area contributed by atoms with Crippen molar-refractivity contribution in [1.82, 2.24) is 0 Å². The fraction of sp³-hybridized carbons (Fsp3) is 0.188. The monoisotopic (exact) mass is 292 g/mol. The lowest BCUT2D eigenvalue weighted by Crippen LogP contribution is -2.32. The summed E-state index contributed by atoms with van der Waals surface area (Å²) >= 11 is 0. The SMILES string of the molecule is Cc1cccc(-c2c(F)cc(C(C)(O)C(=O)O)cc2F)c1. The zero-order chi connectivity index (χ0) is 15.8. The highest BCUT2D eigenvalue weighted by molar-refractivity contribution is 5.79. The van der Waals surface area contributed by atoms with Crippen LogP contribution in [0.3, 0.4) is 0 Å². The highest BCUT2D eigenvalue weighted by atomic mass is 19.1. The summed E-state index contributed by atoms with van der Waals surface area (Å²) in [5.74, 6) is -3.42. The Morgan fingerprint density at radius 1 is 1.14 bits per heavy atom. The van der Waals surface area contributed by atoms with Gasteiger partial charge in [-0.25, -0.2) is 13.6 Å². The van der Waals surface area contributed by atoms with Crippen LogP contribution >= 0.6 is 0 Å². The van der Waals surface area contributed by atoms with Crippen LogP contribution in [0.15, 0.2) is 36.4 Å². The molecule has 0 bridgehead atoms. The average molecular weight is 292 g/mol. The van der Waals surface area contributed by atoms with E-state index in [1.807, 2.05) is 0 Å². The maximum absolute atomic E-state index is 14.2. The van der Waals surface area contributed by atoms with E-state index in [4.69, 9.17) is 5.11 Å². The van der Waals surface area contributed by atoms with Crippen molar-refractivity contribution in [3.05, 3.63) is 59.2 Å². The van der Waals surface area contributed by atoms with E-state index in [1.54, 1.807) is 31.2 Å². The number of hydrogen-bond donors (Lipinski definition) is 2. The van der Waals surface area contributed by atoms with Gasteiger partial charge in [-0.05, 0) is 31.5 Å². The van der Waals surface area contributed by atoms with Gasteiger partial charge < -0.3 is 10.2 Å². The summed E-state index contributed by atoms with van der Waals surface area (Å²) in [6.07, 6.45) is 0. The Bertz CT molecular complexity index is 685. The third-order valence-electron chi connectivity index (χ3n) is 3.33. The van der Waals surface area contributed by atoms with Crippen LogP contribution in [0.2, 0.25) is 0 Å². The quantitative estimate of drug-likeness (QED) is 0.913. The molecule has 0 heterocycles. The van der Waals surface area contributed by atoms with Gasteiger partial charge in [0.1, 0.15) is 11.6 Å². The van der Waals surface area contributed by atoms with Crippen LogP contribution in [0.5, 0.6) is 0 Å². The highest BCUT2D eigenvalue weighted by Crippen LogP contribution is 2.31. The average Bonchev–Trinajstić information content (AvgIpc) is 2.37. The number of carboxylic acids is 1. The maximum Gasteiger partial charge on any atom is 0.340 e. The zero-order valence-corrected chi connectivity index (χ0v) is 11.5. The van der Waals surface area contributed by atoms with Crippen LogP contribution in [0.1, 0.15) is 18.1 Å². The second-order valence-electron chi connectivity index (χ2n) is 5.06. The number of hydrogen-bond acceptors (Lipinski definition) is 2. The number of benzene rings is 2. The van der Waals surface area contributed by atoms with E-state index in [-0.39, 0.29) is 11.1 Å². The Labute approximate surface area is 120 Å². The smallest absolute Gasteiger partial charge is 0.340 e. The Balaban J connectivity index is 2.60. The molecule has 0 aliphatic heterocycles. The number of aliphatic hydroxyl groups is 1. The van der Waals surface area contributed by atoms with Gasteiger partial charge in [-0.2, -0.15) is 0 Å². The molecule has 0 saturated heterocycles. The Hall–Kier alpha value is -2.27. The molecule has 5 heteroatoms. The van der Waals surface area contributed by atoms with Gasteiger partial charge in [-0.15, -0.1) is 0 Å². The van der Waals surface area contributed by atoms with Crippen LogP contribution in [0, 0.1) is 18.6 Å². The first-order chi connectivity index (χ1) is 9.73. The van der Waals surface area contributed by atoms with Gasteiger partial charge in [0.25, 0.3) is 0 Å². The molecule has 0 amide bonds. The number of rotatable bonds is 3. The summed E-state index contributed by atoms with van der Waals surface area (Å²) in [5.41, 5.74) is -1.75. The topological polar surface area (TPSA) is 57.5 Å². The predicted octanol–water partition coefficient (Wildman–Crippen LogP) is 3.23. The molecule has 0 radical (unpaired) electrons. The van der Waals surface area contributed by atoms with Crippen molar-refractivity contribution in [3.8, 4) is 11.1 Å². The molecule has 0 saturated carbocycles. The number of halogens is 2. The van der Waals surface area contributed by atoms with Gasteiger partial charge in [0, 0.05) is 5.56 Å². The molecule has 2 aromatic carbocycles. The molecule has 21 heavy (non-hydrogen) atoms. The third kappa shape index (κ3) is 2.78. The Morgan fingerprint density at radius 2 is 1.71 bits per heavy atom. The van der Waals surface area contributed by atoms with Crippen molar-refractivity contribution in [1.29, 1.82) is 0 Å².